The van der Waals surface area contributed by atoms with Gasteiger partial charge in [-0.25, -0.2) is 14.5 Å². The van der Waals surface area contributed by atoms with Gasteiger partial charge in [0.25, 0.3) is 0 Å². The molecule has 0 aliphatic rings. The fourth-order valence-corrected chi connectivity index (χ4v) is 2.57. The molecule has 1 aromatic carbocycles. The van der Waals surface area contributed by atoms with Gasteiger partial charge in [0.05, 0.1) is 17.4 Å². The highest BCUT2D eigenvalue weighted by atomic mass is 16.2. The van der Waals surface area contributed by atoms with E-state index in [4.69, 9.17) is 0 Å². The van der Waals surface area contributed by atoms with E-state index in [2.05, 4.69) is 51.7 Å². The molecule has 0 bridgehead atoms. The number of amides is 2. The van der Waals surface area contributed by atoms with Gasteiger partial charge in [0.2, 0.25) is 0 Å². The van der Waals surface area contributed by atoms with E-state index in [1.165, 1.54) is 0 Å². The van der Waals surface area contributed by atoms with Gasteiger partial charge in [0, 0.05) is 11.5 Å². The van der Waals surface area contributed by atoms with E-state index in [1.54, 1.807) is 4.68 Å². The number of urea groups is 1. The van der Waals surface area contributed by atoms with Crippen LogP contribution in [0.5, 0.6) is 0 Å². The van der Waals surface area contributed by atoms with Crippen molar-refractivity contribution in [3.63, 3.8) is 0 Å². The number of carbonyl (C=O) groups excluding carboxylic acids is 1. The topological polar surface area (TPSA) is 101 Å². The van der Waals surface area contributed by atoms with Crippen LogP contribution in [0.2, 0.25) is 0 Å². The third-order valence-electron chi connectivity index (χ3n) is 4.07. The van der Waals surface area contributed by atoms with Crippen molar-refractivity contribution < 1.29 is 4.79 Å². The second-order valence-corrected chi connectivity index (χ2v) is 7.51. The normalized spacial score (nSPS) is 12.6. The Hall–Kier alpha value is -3.16. The van der Waals surface area contributed by atoms with Gasteiger partial charge in [-0.1, -0.05) is 39.0 Å². The molecule has 0 fully saturated rings. The fraction of sp³-hybridized carbons (Fsp3) is 0.368. The summed E-state index contributed by atoms with van der Waals surface area (Å²) >= 11 is 0. The zero-order valence-corrected chi connectivity index (χ0v) is 16.2. The smallest absolute Gasteiger partial charge is 0.320 e. The number of aryl methyl sites for hydroxylation is 1. The molecule has 0 saturated heterocycles. The van der Waals surface area contributed by atoms with Crippen molar-refractivity contribution in [2.45, 2.75) is 46.1 Å². The van der Waals surface area contributed by atoms with E-state index >= 15 is 0 Å². The van der Waals surface area contributed by atoms with Crippen LogP contribution in [0.4, 0.5) is 10.6 Å². The largest absolute Gasteiger partial charge is 0.328 e. The summed E-state index contributed by atoms with van der Waals surface area (Å²) in [6, 6.07) is 10.9. The molecule has 0 spiro atoms. The highest BCUT2D eigenvalue weighted by Gasteiger charge is 2.22. The minimum atomic E-state index is -0.345. The van der Waals surface area contributed by atoms with Crippen LogP contribution in [-0.4, -0.2) is 31.0 Å². The molecule has 2 heterocycles. The number of hydrogen-bond acceptors (Lipinski definition) is 4. The van der Waals surface area contributed by atoms with Gasteiger partial charge in [-0.3, -0.25) is 10.4 Å². The third kappa shape index (κ3) is 4.33. The van der Waals surface area contributed by atoms with Crippen molar-refractivity contribution in [2.24, 2.45) is 0 Å². The summed E-state index contributed by atoms with van der Waals surface area (Å²) < 4.78 is 1.74. The maximum absolute atomic E-state index is 12.5. The number of anilines is 1. The lowest BCUT2D eigenvalue weighted by atomic mass is 9.92. The lowest BCUT2D eigenvalue weighted by Gasteiger charge is -2.14. The lowest BCUT2D eigenvalue weighted by Crippen LogP contribution is -2.32. The van der Waals surface area contributed by atoms with E-state index in [-0.39, 0.29) is 17.5 Å². The monoisotopic (exact) mass is 367 g/mol. The summed E-state index contributed by atoms with van der Waals surface area (Å²) in [5.41, 5.74) is 1.62. The van der Waals surface area contributed by atoms with Gasteiger partial charge in [-0.05, 0) is 26.0 Å². The van der Waals surface area contributed by atoms with Crippen LogP contribution in [-0.2, 0) is 5.41 Å². The van der Waals surface area contributed by atoms with Crippen LogP contribution in [0.1, 0.15) is 51.1 Å². The van der Waals surface area contributed by atoms with Crippen LogP contribution in [0.3, 0.4) is 0 Å². The fourth-order valence-electron chi connectivity index (χ4n) is 2.57. The quantitative estimate of drug-likeness (QED) is 0.657. The molecular weight excluding hydrogens is 342 g/mol. The summed E-state index contributed by atoms with van der Waals surface area (Å²) in [5, 5.41) is 17.3. The first-order valence-corrected chi connectivity index (χ1v) is 8.86. The average Bonchev–Trinajstić information content (AvgIpc) is 3.22. The number of nitrogens with zero attached hydrogens (tertiary/aromatic N) is 4. The molecule has 0 aliphatic heterocycles. The number of rotatable bonds is 4. The molecule has 1 atom stereocenters. The van der Waals surface area contributed by atoms with Crippen molar-refractivity contribution in [1.29, 1.82) is 0 Å². The Balaban J connectivity index is 1.82. The van der Waals surface area contributed by atoms with Crippen molar-refractivity contribution in [3.05, 3.63) is 53.7 Å². The van der Waals surface area contributed by atoms with E-state index in [0.29, 0.717) is 17.5 Å². The first-order valence-electron chi connectivity index (χ1n) is 8.86. The molecule has 0 saturated carbocycles. The van der Waals surface area contributed by atoms with Crippen LogP contribution in [0, 0.1) is 6.92 Å². The number of aromatic nitrogens is 5. The summed E-state index contributed by atoms with van der Waals surface area (Å²) in [6.07, 6.45) is 0. The maximum atomic E-state index is 12.5. The predicted octanol–water partition coefficient (Wildman–Crippen LogP) is 3.48. The molecule has 0 aliphatic carbocycles. The summed E-state index contributed by atoms with van der Waals surface area (Å²) in [5.74, 6) is 1.84. The number of aromatic amines is 1. The molecule has 27 heavy (non-hydrogen) atoms. The minimum Gasteiger partial charge on any atom is -0.328 e. The van der Waals surface area contributed by atoms with Gasteiger partial charge in [-0.15, -0.1) is 0 Å². The molecule has 3 N–H and O–H groups in total. The molecule has 8 heteroatoms. The molecule has 8 nitrogen and oxygen atoms in total. The first kappa shape index (κ1) is 18.6. The highest BCUT2D eigenvalue weighted by Crippen LogP contribution is 2.26. The number of nitrogens with one attached hydrogen (secondary N) is 3. The molecule has 142 valence electrons. The molecule has 1 unspecified atom stereocenters. The van der Waals surface area contributed by atoms with E-state index in [9.17, 15) is 4.79 Å². The Morgan fingerprint density at radius 3 is 2.52 bits per heavy atom. The van der Waals surface area contributed by atoms with Crippen LogP contribution in [0.25, 0.3) is 5.69 Å². The predicted molar refractivity (Wildman–Crippen MR) is 104 cm³/mol. The Labute approximate surface area is 158 Å². The minimum absolute atomic E-state index is 0.142. The molecule has 2 aromatic heterocycles. The Kier molecular flexibility index (Phi) is 4.98. The maximum Gasteiger partial charge on any atom is 0.320 e. The molecule has 0 radical (unpaired) electrons. The SMILES string of the molecule is Cc1nc(C(C)NC(=O)Nc2cc(C(C)(C)C)nn2-c2ccccc2)n[nH]1. The average molecular weight is 367 g/mol. The third-order valence-corrected chi connectivity index (χ3v) is 4.07. The van der Waals surface area contributed by atoms with Crippen molar-refractivity contribution in [1.82, 2.24) is 30.3 Å². The molecular formula is C19H25N7O. The summed E-state index contributed by atoms with van der Waals surface area (Å²) in [4.78, 5) is 16.8. The van der Waals surface area contributed by atoms with Crippen molar-refractivity contribution in [2.75, 3.05) is 5.32 Å². The van der Waals surface area contributed by atoms with Crippen LogP contribution < -0.4 is 10.6 Å². The number of carbonyl (C=O) groups is 1. The summed E-state index contributed by atoms with van der Waals surface area (Å²) in [7, 11) is 0. The Morgan fingerprint density at radius 1 is 1.22 bits per heavy atom. The zero-order valence-electron chi connectivity index (χ0n) is 16.2. The second kappa shape index (κ2) is 7.22. The second-order valence-electron chi connectivity index (χ2n) is 7.51. The number of H-pyrrole nitrogens is 1. The van der Waals surface area contributed by atoms with Gasteiger partial charge in [0.15, 0.2) is 5.82 Å². The number of benzene rings is 1. The number of hydrogen-bond donors (Lipinski definition) is 3. The Morgan fingerprint density at radius 2 is 1.93 bits per heavy atom. The highest BCUT2D eigenvalue weighted by molar-refractivity contribution is 5.89. The molecule has 3 rings (SSSR count). The van der Waals surface area contributed by atoms with E-state index in [1.807, 2.05) is 50.2 Å². The standard InChI is InChI=1S/C19H25N7O/c1-12(17-21-13(2)23-24-17)20-18(27)22-16-11-15(19(3,4)5)25-26(16)14-9-7-6-8-10-14/h6-12H,1-5H3,(H2,20,22,27)(H,21,23,24). The van der Waals surface area contributed by atoms with E-state index < -0.39 is 0 Å². The first-order chi connectivity index (χ1) is 12.7. The van der Waals surface area contributed by atoms with Gasteiger partial charge in [0.1, 0.15) is 11.6 Å². The van der Waals surface area contributed by atoms with Gasteiger partial charge in [-0.2, -0.15) is 10.2 Å². The van der Waals surface area contributed by atoms with Crippen molar-refractivity contribution >= 4 is 11.8 Å². The van der Waals surface area contributed by atoms with Crippen molar-refractivity contribution in [3.8, 4) is 5.69 Å². The van der Waals surface area contributed by atoms with Crippen LogP contribution >= 0.6 is 0 Å². The number of para-hydroxylation sites is 1. The zero-order chi connectivity index (χ0) is 19.6. The van der Waals surface area contributed by atoms with Crippen LogP contribution in [0.15, 0.2) is 36.4 Å². The lowest BCUT2D eigenvalue weighted by molar-refractivity contribution is 0.249. The molecule has 3 aromatic rings. The summed E-state index contributed by atoms with van der Waals surface area (Å²) in [6.45, 7) is 9.90. The van der Waals surface area contributed by atoms with E-state index in [0.717, 1.165) is 11.4 Å². The molecule has 2 amide bonds. The Bertz CT molecular complexity index is 921. The van der Waals surface area contributed by atoms with Gasteiger partial charge < -0.3 is 5.32 Å². The van der Waals surface area contributed by atoms with Gasteiger partial charge >= 0.3 is 6.03 Å².